The first-order chi connectivity index (χ1) is 8.96. The highest BCUT2D eigenvalue weighted by Gasteiger charge is 2.28. The molecule has 0 aromatic rings. The number of carbonyl (C=O) groups excluding carboxylic acids is 1. The third-order valence-corrected chi connectivity index (χ3v) is 4.29. The molecule has 0 bridgehead atoms. The first-order valence-electron chi connectivity index (χ1n) is 7.23. The van der Waals surface area contributed by atoms with E-state index in [1.807, 2.05) is 13.8 Å². The van der Waals surface area contributed by atoms with E-state index in [0.717, 1.165) is 32.4 Å². The summed E-state index contributed by atoms with van der Waals surface area (Å²) < 4.78 is 0. The molecule has 1 aliphatic rings. The largest absolute Gasteiger partial charge is 0.339 e. The number of nitrogens with one attached hydrogen (secondary N) is 1. The third-order valence-electron chi connectivity index (χ3n) is 4.29. The van der Waals surface area contributed by atoms with E-state index in [-0.39, 0.29) is 11.9 Å². The van der Waals surface area contributed by atoms with E-state index in [9.17, 15) is 4.79 Å². The Bertz CT molecular complexity index is 344. The summed E-state index contributed by atoms with van der Waals surface area (Å²) in [7, 11) is 0. The van der Waals surface area contributed by atoms with Gasteiger partial charge in [0, 0.05) is 19.1 Å². The molecule has 1 aliphatic heterocycles. The van der Waals surface area contributed by atoms with Gasteiger partial charge in [0.25, 0.3) is 0 Å². The van der Waals surface area contributed by atoms with Crippen molar-refractivity contribution in [3.8, 4) is 12.3 Å². The minimum absolute atomic E-state index is 0.0179. The van der Waals surface area contributed by atoms with Crippen molar-refractivity contribution < 1.29 is 4.79 Å². The number of piperidine rings is 1. The number of carbonyl (C=O) groups is 1. The molecule has 0 aromatic carbocycles. The Morgan fingerprint density at radius 3 is 2.63 bits per heavy atom. The second-order valence-corrected chi connectivity index (χ2v) is 5.65. The van der Waals surface area contributed by atoms with E-state index in [1.165, 1.54) is 0 Å². The summed E-state index contributed by atoms with van der Waals surface area (Å²) in [5.41, 5.74) is 5.49. The van der Waals surface area contributed by atoms with Crippen LogP contribution >= 0.6 is 0 Å². The quantitative estimate of drug-likeness (QED) is 0.728. The third kappa shape index (κ3) is 4.22. The van der Waals surface area contributed by atoms with Crippen molar-refractivity contribution in [1.82, 2.24) is 10.2 Å². The van der Waals surface area contributed by atoms with Crippen LogP contribution in [0.15, 0.2) is 0 Å². The number of hydrogen-bond acceptors (Lipinski definition) is 3. The van der Waals surface area contributed by atoms with Crippen molar-refractivity contribution in [3.63, 3.8) is 0 Å². The Balaban J connectivity index is 2.50. The van der Waals surface area contributed by atoms with E-state index in [1.54, 1.807) is 0 Å². The highest BCUT2D eigenvalue weighted by molar-refractivity contribution is 5.79. The van der Waals surface area contributed by atoms with Crippen LogP contribution in [0.3, 0.4) is 0 Å². The van der Waals surface area contributed by atoms with Crippen LogP contribution in [-0.2, 0) is 4.79 Å². The van der Waals surface area contributed by atoms with E-state index < -0.39 is 5.54 Å². The van der Waals surface area contributed by atoms with Crippen molar-refractivity contribution in [3.05, 3.63) is 0 Å². The van der Waals surface area contributed by atoms with Crippen molar-refractivity contribution in [2.75, 3.05) is 19.6 Å². The fourth-order valence-corrected chi connectivity index (χ4v) is 2.57. The smallest absolute Gasteiger partial charge is 0.235 e. The maximum absolute atomic E-state index is 12.1. The molecule has 0 spiro atoms. The van der Waals surface area contributed by atoms with Gasteiger partial charge in [-0.15, -0.1) is 6.42 Å². The molecule has 2 unspecified atom stereocenters. The van der Waals surface area contributed by atoms with Crippen LogP contribution in [-0.4, -0.2) is 42.0 Å². The predicted molar refractivity (Wildman–Crippen MR) is 78.5 cm³/mol. The zero-order valence-electron chi connectivity index (χ0n) is 12.4. The van der Waals surface area contributed by atoms with Gasteiger partial charge in [-0.1, -0.05) is 26.7 Å². The SMILES string of the molecule is C#CC(CC)(CC)NC(=O)CN1CCC(N)C(C)C1. The first-order valence-corrected chi connectivity index (χ1v) is 7.23. The molecule has 0 aliphatic carbocycles. The topological polar surface area (TPSA) is 58.4 Å². The molecule has 1 saturated heterocycles. The van der Waals surface area contributed by atoms with Crippen LogP contribution in [0.5, 0.6) is 0 Å². The van der Waals surface area contributed by atoms with Gasteiger partial charge in [-0.25, -0.2) is 0 Å². The molecular weight excluding hydrogens is 238 g/mol. The van der Waals surface area contributed by atoms with E-state index in [0.29, 0.717) is 12.5 Å². The first kappa shape index (κ1) is 16.0. The average molecular weight is 265 g/mol. The van der Waals surface area contributed by atoms with Crippen LogP contribution in [0.4, 0.5) is 0 Å². The van der Waals surface area contributed by atoms with Gasteiger partial charge in [0.05, 0.1) is 6.54 Å². The van der Waals surface area contributed by atoms with Crippen LogP contribution in [0.25, 0.3) is 0 Å². The zero-order chi connectivity index (χ0) is 14.5. The van der Waals surface area contributed by atoms with Crippen molar-refractivity contribution in [2.24, 2.45) is 11.7 Å². The molecule has 1 amide bonds. The highest BCUT2D eigenvalue weighted by atomic mass is 16.2. The number of nitrogens with zero attached hydrogens (tertiary/aromatic N) is 1. The molecule has 2 atom stereocenters. The van der Waals surface area contributed by atoms with E-state index in [4.69, 9.17) is 12.2 Å². The van der Waals surface area contributed by atoms with Gasteiger partial charge in [-0.3, -0.25) is 9.69 Å². The lowest BCUT2D eigenvalue weighted by Crippen LogP contribution is -2.53. The Kier molecular flexibility index (Phi) is 5.84. The Morgan fingerprint density at radius 2 is 2.16 bits per heavy atom. The summed E-state index contributed by atoms with van der Waals surface area (Å²) in [6.45, 7) is 8.34. The molecule has 0 saturated carbocycles. The maximum atomic E-state index is 12.1. The molecule has 4 heteroatoms. The molecule has 4 nitrogen and oxygen atoms in total. The van der Waals surface area contributed by atoms with Gasteiger partial charge in [0.15, 0.2) is 0 Å². The maximum Gasteiger partial charge on any atom is 0.235 e. The molecule has 1 heterocycles. The molecule has 1 rings (SSSR count). The molecule has 3 N–H and O–H groups in total. The fourth-order valence-electron chi connectivity index (χ4n) is 2.57. The van der Waals surface area contributed by atoms with Crippen molar-refractivity contribution >= 4 is 5.91 Å². The number of terminal acetylenes is 1. The summed E-state index contributed by atoms with van der Waals surface area (Å²) in [6, 6.07) is 0.260. The Labute approximate surface area is 117 Å². The second-order valence-electron chi connectivity index (χ2n) is 5.65. The standard InChI is InChI=1S/C15H27N3O/c1-5-15(6-2,7-3)17-14(19)11-18-9-8-13(16)12(4)10-18/h1,12-13H,6-11,16H2,2-4H3,(H,17,19). The van der Waals surface area contributed by atoms with Crippen LogP contribution in [0.1, 0.15) is 40.0 Å². The lowest BCUT2D eigenvalue weighted by molar-refractivity contribution is -0.124. The zero-order valence-corrected chi connectivity index (χ0v) is 12.4. The molecule has 0 aromatic heterocycles. The van der Waals surface area contributed by atoms with Gasteiger partial charge in [-0.2, -0.15) is 0 Å². The monoisotopic (exact) mass is 265 g/mol. The van der Waals surface area contributed by atoms with Gasteiger partial charge >= 0.3 is 0 Å². The lowest BCUT2D eigenvalue weighted by Gasteiger charge is -2.35. The fraction of sp³-hybridized carbons (Fsp3) is 0.800. The van der Waals surface area contributed by atoms with E-state index in [2.05, 4.69) is 23.1 Å². The molecule has 108 valence electrons. The molecule has 0 radical (unpaired) electrons. The number of likely N-dealkylation sites (tertiary alicyclic amines) is 1. The number of nitrogens with two attached hydrogens (primary N) is 1. The number of rotatable bonds is 5. The van der Waals surface area contributed by atoms with Gasteiger partial charge in [0.2, 0.25) is 5.91 Å². The van der Waals surface area contributed by atoms with Crippen LogP contribution < -0.4 is 11.1 Å². The second kappa shape index (κ2) is 6.93. The predicted octanol–water partition coefficient (Wildman–Crippen LogP) is 0.964. The molecule has 19 heavy (non-hydrogen) atoms. The van der Waals surface area contributed by atoms with Crippen molar-refractivity contribution in [2.45, 2.75) is 51.6 Å². The van der Waals surface area contributed by atoms with Crippen molar-refractivity contribution in [1.29, 1.82) is 0 Å². The Hall–Kier alpha value is -1.05. The summed E-state index contributed by atoms with van der Waals surface area (Å²) in [4.78, 5) is 14.3. The summed E-state index contributed by atoms with van der Waals surface area (Å²) in [5, 5.41) is 3.00. The van der Waals surface area contributed by atoms with Gasteiger partial charge < -0.3 is 11.1 Å². The van der Waals surface area contributed by atoms with Gasteiger partial charge in [0.1, 0.15) is 5.54 Å². The number of amides is 1. The van der Waals surface area contributed by atoms with E-state index >= 15 is 0 Å². The summed E-state index contributed by atoms with van der Waals surface area (Å²) in [6.07, 6.45) is 8.02. The minimum atomic E-state index is -0.491. The molecule has 1 fully saturated rings. The normalized spacial score (nSPS) is 24.8. The Morgan fingerprint density at radius 1 is 1.53 bits per heavy atom. The average Bonchev–Trinajstić information content (AvgIpc) is 2.40. The number of hydrogen-bond donors (Lipinski definition) is 2. The van der Waals surface area contributed by atoms with Crippen LogP contribution in [0.2, 0.25) is 0 Å². The summed E-state index contributed by atoms with van der Waals surface area (Å²) >= 11 is 0. The molecular formula is C15H27N3O. The highest BCUT2D eigenvalue weighted by Crippen LogP contribution is 2.16. The summed E-state index contributed by atoms with van der Waals surface area (Å²) in [5.74, 6) is 3.19. The van der Waals surface area contributed by atoms with Crippen LogP contribution in [0, 0.1) is 18.3 Å². The minimum Gasteiger partial charge on any atom is -0.339 e. The lowest BCUT2D eigenvalue weighted by atomic mass is 9.93. The van der Waals surface area contributed by atoms with Gasteiger partial charge in [-0.05, 0) is 25.2 Å².